The van der Waals surface area contributed by atoms with E-state index >= 15 is 0 Å². The van der Waals surface area contributed by atoms with E-state index in [1.165, 1.54) is 12.1 Å². The molecule has 0 aromatic heterocycles. The Morgan fingerprint density at radius 2 is 1.95 bits per heavy atom. The summed E-state index contributed by atoms with van der Waals surface area (Å²) >= 11 is 5.67. The molecular formula is C12H11ClFNO5. The second kappa shape index (κ2) is 6.85. The molecule has 1 amide bonds. The molecular weight excluding hydrogens is 293 g/mol. The largest absolute Gasteiger partial charge is 0.481 e. The summed E-state index contributed by atoms with van der Waals surface area (Å²) in [7, 11) is 0. The van der Waals surface area contributed by atoms with Crippen molar-refractivity contribution in [3.63, 3.8) is 0 Å². The number of halogens is 2. The Bertz CT molecular complexity index is 528. The quantitative estimate of drug-likeness (QED) is 0.739. The molecule has 6 nitrogen and oxygen atoms in total. The number of aliphatic carboxylic acids is 2. The van der Waals surface area contributed by atoms with E-state index in [4.69, 9.17) is 21.8 Å². The van der Waals surface area contributed by atoms with Crippen LogP contribution in [0.15, 0.2) is 18.2 Å². The molecule has 0 saturated carbocycles. The number of hydrogen-bond acceptors (Lipinski definition) is 3. The number of carboxylic acids is 2. The van der Waals surface area contributed by atoms with Gasteiger partial charge in [0.25, 0.3) is 5.91 Å². The first-order valence-electron chi connectivity index (χ1n) is 5.52. The molecule has 1 aromatic carbocycles. The van der Waals surface area contributed by atoms with Gasteiger partial charge in [0.15, 0.2) is 0 Å². The lowest BCUT2D eigenvalue weighted by molar-refractivity contribution is -0.140. The summed E-state index contributed by atoms with van der Waals surface area (Å²) in [4.78, 5) is 33.1. The third-order valence-electron chi connectivity index (χ3n) is 2.44. The highest BCUT2D eigenvalue weighted by atomic mass is 35.5. The smallest absolute Gasteiger partial charge is 0.326 e. The van der Waals surface area contributed by atoms with E-state index in [-0.39, 0.29) is 11.4 Å². The molecule has 8 heteroatoms. The van der Waals surface area contributed by atoms with Crippen molar-refractivity contribution in [2.45, 2.75) is 18.9 Å². The lowest BCUT2D eigenvalue weighted by Crippen LogP contribution is -2.41. The van der Waals surface area contributed by atoms with E-state index in [2.05, 4.69) is 0 Å². The van der Waals surface area contributed by atoms with Crippen LogP contribution in [0.2, 0.25) is 5.02 Å². The van der Waals surface area contributed by atoms with Gasteiger partial charge in [-0.15, -0.1) is 0 Å². The third kappa shape index (κ3) is 4.20. The summed E-state index contributed by atoms with van der Waals surface area (Å²) in [5.41, 5.74) is -0.476. The molecule has 0 aliphatic carbocycles. The van der Waals surface area contributed by atoms with Crippen LogP contribution in [-0.4, -0.2) is 34.1 Å². The van der Waals surface area contributed by atoms with Crippen LogP contribution in [0.3, 0.4) is 0 Å². The minimum atomic E-state index is -1.44. The van der Waals surface area contributed by atoms with Crippen LogP contribution >= 0.6 is 11.6 Å². The lowest BCUT2D eigenvalue weighted by Gasteiger charge is -2.14. The van der Waals surface area contributed by atoms with Crippen LogP contribution in [0.25, 0.3) is 0 Å². The third-order valence-corrected chi connectivity index (χ3v) is 2.76. The number of carbonyl (C=O) groups excluding carboxylic acids is 1. The topological polar surface area (TPSA) is 104 Å². The van der Waals surface area contributed by atoms with Crippen molar-refractivity contribution in [3.8, 4) is 0 Å². The highest BCUT2D eigenvalue weighted by Gasteiger charge is 2.24. The Balaban J connectivity index is 2.86. The molecule has 1 aromatic rings. The predicted octanol–water partition coefficient (Wildman–Crippen LogP) is 1.53. The highest BCUT2D eigenvalue weighted by Crippen LogP contribution is 2.19. The molecule has 1 unspecified atom stereocenters. The van der Waals surface area contributed by atoms with E-state index in [0.717, 1.165) is 6.07 Å². The molecule has 0 radical (unpaired) electrons. The van der Waals surface area contributed by atoms with Gasteiger partial charge in [0.2, 0.25) is 0 Å². The van der Waals surface area contributed by atoms with Crippen molar-refractivity contribution < 1.29 is 29.0 Å². The van der Waals surface area contributed by atoms with E-state index in [9.17, 15) is 18.8 Å². The second-order valence-electron chi connectivity index (χ2n) is 3.89. The lowest BCUT2D eigenvalue weighted by atomic mass is 10.1. The standard InChI is InChI=1S/C12H11ClFNO5/c13-6-2-1-3-7(14)10(6)11(18)15-8(12(19)20)4-5-9(16)17/h1-3,8H,4-5H2,(H,15,18)(H,16,17)(H,19,20). The summed E-state index contributed by atoms with van der Waals surface area (Å²) in [5, 5.41) is 19.3. The predicted molar refractivity (Wildman–Crippen MR) is 67.2 cm³/mol. The minimum absolute atomic E-state index is 0.162. The number of nitrogens with one attached hydrogen (secondary N) is 1. The van der Waals surface area contributed by atoms with Gasteiger partial charge < -0.3 is 15.5 Å². The molecule has 3 N–H and O–H groups in total. The molecule has 0 aliphatic heterocycles. The van der Waals surface area contributed by atoms with Crippen LogP contribution in [0.5, 0.6) is 0 Å². The van der Waals surface area contributed by atoms with Gasteiger partial charge in [-0.05, 0) is 18.6 Å². The molecule has 0 fully saturated rings. The fourth-order valence-electron chi connectivity index (χ4n) is 1.47. The monoisotopic (exact) mass is 303 g/mol. The van der Waals surface area contributed by atoms with Crippen molar-refractivity contribution in [1.82, 2.24) is 5.32 Å². The maximum Gasteiger partial charge on any atom is 0.326 e. The molecule has 1 atom stereocenters. The van der Waals surface area contributed by atoms with E-state index in [1.807, 2.05) is 5.32 Å². The van der Waals surface area contributed by atoms with Gasteiger partial charge in [0.05, 0.1) is 10.6 Å². The summed E-state index contributed by atoms with van der Waals surface area (Å²) in [6.07, 6.45) is -0.759. The van der Waals surface area contributed by atoms with Crippen LogP contribution in [0, 0.1) is 5.82 Å². The van der Waals surface area contributed by atoms with Gasteiger partial charge in [-0.1, -0.05) is 17.7 Å². The molecule has 108 valence electrons. The molecule has 1 rings (SSSR count). The Morgan fingerprint density at radius 1 is 1.30 bits per heavy atom. The van der Waals surface area contributed by atoms with Gasteiger partial charge in [-0.25, -0.2) is 9.18 Å². The average Bonchev–Trinajstić information content (AvgIpc) is 2.33. The Labute approximate surface area is 118 Å². The van der Waals surface area contributed by atoms with Crippen molar-refractivity contribution in [1.29, 1.82) is 0 Å². The second-order valence-corrected chi connectivity index (χ2v) is 4.30. The van der Waals surface area contributed by atoms with E-state index in [1.54, 1.807) is 0 Å². The fourth-order valence-corrected chi connectivity index (χ4v) is 1.72. The normalized spacial score (nSPS) is 11.7. The van der Waals surface area contributed by atoms with Gasteiger partial charge in [0, 0.05) is 6.42 Å². The van der Waals surface area contributed by atoms with Crippen molar-refractivity contribution in [2.24, 2.45) is 0 Å². The minimum Gasteiger partial charge on any atom is -0.481 e. The molecule has 0 bridgehead atoms. The zero-order valence-electron chi connectivity index (χ0n) is 10.1. The van der Waals surface area contributed by atoms with Crippen molar-refractivity contribution >= 4 is 29.4 Å². The molecule has 0 saturated heterocycles. The molecule has 20 heavy (non-hydrogen) atoms. The highest BCUT2D eigenvalue weighted by molar-refractivity contribution is 6.33. The van der Waals surface area contributed by atoms with Crippen LogP contribution < -0.4 is 5.32 Å². The van der Waals surface area contributed by atoms with Gasteiger partial charge in [-0.3, -0.25) is 9.59 Å². The molecule has 0 heterocycles. The zero-order valence-corrected chi connectivity index (χ0v) is 10.9. The number of amides is 1. The Hall–Kier alpha value is -2.15. The maximum absolute atomic E-state index is 13.5. The summed E-state index contributed by atoms with van der Waals surface area (Å²) in [6, 6.07) is 2.16. The van der Waals surface area contributed by atoms with Gasteiger partial charge >= 0.3 is 11.9 Å². The van der Waals surface area contributed by atoms with Gasteiger partial charge in [0.1, 0.15) is 11.9 Å². The number of carbonyl (C=O) groups is 3. The summed E-state index contributed by atoms with van der Waals surface area (Å²) in [6.45, 7) is 0. The van der Waals surface area contributed by atoms with E-state index < -0.39 is 41.7 Å². The molecule has 0 spiro atoms. The Kier molecular flexibility index (Phi) is 5.45. The van der Waals surface area contributed by atoms with Crippen molar-refractivity contribution in [2.75, 3.05) is 0 Å². The van der Waals surface area contributed by atoms with Crippen LogP contribution in [0.1, 0.15) is 23.2 Å². The van der Waals surface area contributed by atoms with Crippen LogP contribution in [0.4, 0.5) is 4.39 Å². The first-order chi connectivity index (χ1) is 9.32. The first kappa shape index (κ1) is 15.9. The summed E-state index contributed by atoms with van der Waals surface area (Å²) in [5.74, 6) is -4.51. The van der Waals surface area contributed by atoms with Crippen molar-refractivity contribution in [3.05, 3.63) is 34.6 Å². The number of benzene rings is 1. The SMILES string of the molecule is O=C(O)CCC(NC(=O)c1c(F)cccc1Cl)C(=O)O. The number of carboxylic acid groups (broad SMARTS) is 2. The Morgan fingerprint density at radius 3 is 2.45 bits per heavy atom. The average molecular weight is 304 g/mol. The van der Waals surface area contributed by atoms with E-state index in [0.29, 0.717) is 0 Å². The first-order valence-corrected chi connectivity index (χ1v) is 5.90. The molecule has 0 aliphatic rings. The maximum atomic E-state index is 13.5. The number of rotatable bonds is 6. The zero-order chi connectivity index (χ0) is 15.3. The number of hydrogen-bond donors (Lipinski definition) is 3. The fraction of sp³-hybridized carbons (Fsp3) is 0.250. The summed E-state index contributed by atoms with van der Waals surface area (Å²) < 4.78 is 13.5. The van der Waals surface area contributed by atoms with Crippen LogP contribution in [-0.2, 0) is 9.59 Å². The van der Waals surface area contributed by atoms with Gasteiger partial charge in [-0.2, -0.15) is 0 Å².